The molecule has 4 rings (SSSR count). The van der Waals surface area contributed by atoms with Gasteiger partial charge in [0.15, 0.2) is 17.4 Å². The van der Waals surface area contributed by atoms with Crippen molar-refractivity contribution in [2.75, 3.05) is 19.8 Å². The van der Waals surface area contributed by atoms with Crippen LogP contribution in [0.15, 0.2) is 18.2 Å². The van der Waals surface area contributed by atoms with Crippen LogP contribution in [0.3, 0.4) is 0 Å². The number of benzene rings is 1. The lowest BCUT2D eigenvalue weighted by molar-refractivity contribution is -0.199. The summed E-state index contributed by atoms with van der Waals surface area (Å²) in [7, 11) is 0. The molecule has 2 atom stereocenters. The average Bonchev–Trinajstić information content (AvgIpc) is 3.35. The van der Waals surface area contributed by atoms with Gasteiger partial charge >= 0.3 is 0 Å². The van der Waals surface area contributed by atoms with E-state index in [1.165, 1.54) is 12.1 Å². The maximum atomic E-state index is 14.1. The van der Waals surface area contributed by atoms with Crippen LogP contribution in [0.1, 0.15) is 42.5 Å². The molecule has 3 aliphatic rings. The van der Waals surface area contributed by atoms with Crippen molar-refractivity contribution in [1.29, 1.82) is 0 Å². The minimum atomic E-state index is -0.767. The van der Waals surface area contributed by atoms with Crippen LogP contribution in [-0.4, -0.2) is 48.8 Å². The second-order valence-corrected chi connectivity index (χ2v) is 7.40. The molecule has 7 heteroatoms. The van der Waals surface area contributed by atoms with Crippen LogP contribution in [0.2, 0.25) is 0 Å². The summed E-state index contributed by atoms with van der Waals surface area (Å²) in [6.07, 6.45) is 2.96. The normalized spacial score (nSPS) is 27.5. The van der Waals surface area contributed by atoms with E-state index in [0.29, 0.717) is 45.0 Å². The fraction of sp³-hybridized carbons (Fsp3) is 0.632. The number of halogens is 1. The first-order valence-electron chi connectivity index (χ1n) is 9.24. The number of rotatable bonds is 5. The highest BCUT2D eigenvalue weighted by Gasteiger charge is 2.45. The van der Waals surface area contributed by atoms with Crippen LogP contribution in [0.5, 0.6) is 5.75 Å². The minimum Gasteiger partial charge on any atom is -0.490 e. The summed E-state index contributed by atoms with van der Waals surface area (Å²) in [5.74, 6) is -0.974. The molecule has 2 saturated carbocycles. The Kier molecular flexibility index (Phi) is 4.86. The lowest BCUT2D eigenvalue weighted by atomic mass is 9.87. The van der Waals surface area contributed by atoms with Crippen LogP contribution in [-0.2, 0) is 9.47 Å². The van der Waals surface area contributed by atoms with E-state index >= 15 is 0 Å². The summed E-state index contributed by atoms with van der Waals surface area (Å²) in [5.41, 5.74) is 0.210. The summed E-state index contributed by atoms with van der Waals surface area (Å²) in [6, 6.07) is 3.80. The Balaban J connectivity index is 1.34. The van der Waals surface area contributed by atoms with Gasteiger partial charge in [-0.05, 0) is 43.4 Å². The Labute approximate surface area is 151 Å². The number of hydrogen-bond donors (Lipinski definition) is 2. The van der Waals surface area contributed by atoms with Crippen molar-refractivity contribution < 1.29 is 28.5 Å². The zero-order chi connectivity index (χ0) is 18.1. The number of ether oxygens (including phenoxy) is 3. The van der Waals surface area contributed by atoms with E-state index in [9.17, 15) is 14.3 Å². The van der Waals surface area contributed by atoms with Crippen molar-refractivity contribution in [3.05, 3.63) is 29.6 Å². The topological polar surface area (TPSA) is 77.0 Å². The van der Waals surface area contributed by atoms with Gasteiger partial charge in [-0.2, -0.15) is 0 Å². The lowest BCUT2D eigenvalue weighted by Gasteiger charge is -2.38. The molecule has 1 aromatic rings. The molecule has 0 radical (unpaired) electrons. The summed E-state index contributed by atoms with van der Waals surface area (Å²) >= 11 is 0. The van der Waals surface area contributed by atoms with Crippen LogP contribution in [0, 0.1) is 11.7 Å². The Morgan fingerprint density at radius 2 is 2.08 bits per heavy atom. The fourth-order valence-electron chi connectivity index (χ4n) is 3.56. The van der Waals surface area contributed by atoms with Crippen molar-refractivity contribution in [3.63, 3.8) is 0 Å². The van der Waals surface area contributed by atoms with Gasteiger partial charge in [0, 0.05) is 18.4 Å². The zero-order valence-electron chi connectivity index (χ0n) is 14.6. The van der Waals surface area contributed by atoms with E-state index in [1.54, 1.807) is 6.07 Å². The van der Waals surface area contributed by atoms with E-state index in [4.69, 9.17) is 14.2 Å². The van der Waals surface area contributed by atoms with Gasteiger partial charge in [-0.15, -0.1) is 0 Å². The highest BCUT2D eigenvalue weighted by Crippen LogP contribution is 2.36. The Morgan fingerprint density at radius 1 is 1.31 bits per heavy atom. The third-order valence-corrected chi connectivity index (χ3v) is 5.32. The molecule has 2 aliphatic carbocycles. The summed E-state index contributed by atoms with van der Waals surface area (Å²) in [5, 5.41) is 13.1. The van der Waals surface area contributed by atoms with Crippen molar-refractivity contribution in [3.8, 4) is 5.75 Å². The molecule has 26 heavy (non-hydrogen) atoms. The van der Waals surface area contributed by atoms with Gasteiger partial charge in [0.25, 0.3) is 5.91 Å². The van der Waals surface area contributed by atoms with Gasteiger partial charge < -0.3 is 24.6 Å². The smallest absolute Gasteiger partial charge is 0.251 e. The lowest BCUT2D eigenvalue weighted by Crippen LogP contribution is -2.52. The third kappa shape index (κ3) is 3.84. The van der Waals surface area contributed by atoms with Gasteiger partial charge in [-0.25, -0.2) is 4.39 Å². The predicted octanol–water partition coefficient (Wildman–Crippen LogP) is 2.00. The fourth-order valence-corrected chi connectivity index (χ4v) is 3.56. The minimum absolute atomic E-state index is 0.170. The molecular weight excluding hydrogens is 341 g/mol. The Hall–Kier alpha value is -1.70. The van der Waals surface area contributed by atoms with Gasteiger partial charge in [0.2, 0.25) is 0 Å². The van der Waals surface area contributed by atoms with Crippen molar-refractivity contribution in [1.82, 2.24) is 5.32 Å². The molecule has 0 bridgehead atoms. The SMILES string of the molecule is O=C(NC1CCC2(CC1O)OCCO2)c1ccc(OCC2CC2)c(F)c1. The maximum absolute atomic E-state index is 14.1. The quantitative estimate of drug-likeness (QED) is 0.835. The Bertz CT molecular complexity index is 672. The first kappa shape index (κ1) is 17.7. The summed E-state index contributed by atoms with van der Waals surface area (Å²) in [4.78, 5) is 12.4. The third-order valence-electron chi connectivity index (χ3n) is 5.32. The highest BCUT2D eigenvalue weighted by atomic mass is 19.1. The highest BCUT2D eigenvalue weighted by molar-refractivity contribution is 5.94. The van der Waals surface area contributed by atoms with E-state index < -0.39 is 29.7 Å². The van der Waals surface area contributed by atoms with E-state index in [-0.39, 0.29) is 11.3 Å². The summed E-state index contributed by atoms with van der Waals surface area (Å²) in [6.45, 7) is 1.57. The van der Waals surface area contributed by atoms with Crippen LogP contribution in [0.4, 0.5) is 4.39 Å². The zero-order valence-corrected chi connectivity index (χ0v) is 14.6. The van der Waals surface area contributed by atoms with E-state index in [2.05, 4.69) is 5.32 Å². The monoisotopic (exact) mass is 365 g/mol. The molecule has 1 heterocycles. The molecule has 1 saturated heterocycles. The first-order valence-corrected chi connectivity index (χ1v) is 9.24. The molecule has 0 aromatic heterocycles. The maximum Gasteiger partial charge on any atom is 0.251 e. The molecule has 3 fully saturated rings. The van der Waals surface area contributed by atoms with Crippen molar-refractivity contribution >= 4 is 5.91 Å². The van der Waals surface area contributed by atoms with E-state index in [1.807, 2.05) is 0 Å². The molecule has 1 spiro atoms. The molecule has 2 N–H and O–H groups in total. The number of amides is 1. The molecule has 6 nitrogen and oxygen atoms in total. The van der Waals surface area contributed by atoms with Gasteiger partial charge in [0.05, 0.1) is 32.0 Å². The molecule has 1 aromatic carbocycles. The van der Waals surface area contributed by atoms with Crippen LogP contribution >= 0.6 is 0 Å². The average molecular weight is 365 g/mol. The first-order chi connectivity index (χ1) is 12.5. The molecular formula is C19H24FNO5. The van der Waals surface area contributed by atoms with Crippen LogP contribution < -0.4 is 10.1 Å². The summed E-state index contributed by atoms with van der Waals surface area (Å²) < 4.78 is 30.8. The van der Waals surface area contributed by atoms with Crippen molar-refractivity contribution in [2.45, 2.75) is 50.0 Å². The molecule has 1 amide bonds. The number of carbonyl (C=O) groups excluding carboxylic acids is 1. The van der Waals surface area contributed by atoms with Crippen molar-refractivity contribution in [2.24, 2.45) is 5.92 Å². The second kappa shape index (κ2) is 7.13. The molecule has 1 aliphatic heterocycles. The number of aliphatic hydroxyl groups is 1. The molecule has 2 unspecified atom stereocenters. The van der Waals surface area contributed by atoms with Gasteiger partial charge in [-0.1, -0.05) is 0 Å². The second-order valence-electron chi connectivity index (χ2n) is 7.40. The van der Waals surface area contributed by atoms with Gasteiger partial charge in [-0.3, -0.25) is 4.79 Å². The number of carbonyl (C=O) groups is 1. The number of nitrogens with one attached hydrogen (secondary N) is 1. The standard InChI is InChI=1S/C19H24FNO5/c20-14-9-13(3-4-17(14)24-11-12-1-2-12)18(23)21-15-5-6-19(10-16(15)22)25-7-8-26-19/h3-4,9,12,15-16,22H,1-2,5-8,10-11H2,(H,21,23). The Morgan fingerprint density at radius 3 is 2.73 bits per heavy atom. The largest absolute Gasteiger partial charge is 0.490 e. The van der Waals surface area contributed by atoms with Gasteiger partial charge in [0.1, 0.15) is 0 Å². The number of hydrogen-bond acceptors (Lipinski definition) is 5. The number of aliphatic hydroxyl groups excluding tert-OH is 1. The molecule has 142 valence electrons. The van der Waals surface area contributed by atoms with Crippen LogP contribution in [0.25, 0.3) is 0 Å². The predicted molar refractivity (Wildman–Crippen MR) is 90.4 cm³/mol. The van der Waals surface area contributed by atoms with E-state index in [0.717, 1.165) is 12.8 Å².